The first kappa shape index (κ1) is 15.3. The Labute approximate surface area is 126 Å². The Morgan fingerprint density at radius 2 is 2.14 bits per heavy atom. The molecule has 0 radical (unpaired) electrons. The molecule has 2 rings (SSSR count). The van der Waals surface area contributed by atoms with Crippen molar-refractivity contribution in [1.29, 1.82) is 0 Å². The van der Waals surface area contributed by atoms with E-state index in [-0.39, 0.29) is 17.6 Å². The highest BCUT2D eigenvalue weighted by Gasteiger charge is 2.20. The lowest BCUT2D eigenvalue weighted by atomic mass is 10.0. The fraction of sp³-hybridized carbons (Fsp3) is 0.267. The summed E-state index contributed by atoms with van der Waals surface area (Å²) in [6, 6.07) is 6.23. The molecule has 1 aromatic heterocycles. The number of hydrogen-bond donors (Lipinski definition) is 3. The molecule has 1 aromatic carbocycles. The molecule has 0 spiro atoms. The number of carbonyl (C=O) groups is 1. The molecule has 2 aromatic rings. The van der Waals surface area contributed by atoms with Crippen LogP contribution in [-0.4, -0.2) is 11.1 Å². The van der Waals surface area contributed by atoms with Crippen LogP contribution in [0.5, 0.6) is 0 Å². The monoisotopic (exact) mass is 308 g/mol. The minimum atomic E-state index is -1.33. The Kier molecular flexibility index (Phi) is 4.47. The largest absolute Gasteiger partial charge is 0.478 e. The van der Waals surface area contributed by atoms with Crippen molar-refractivity contribution in [1.82, 2.24) is 0 Å². The van der Waals surface area contributed by atoms with Crippen LogP contribution in [-0.2, 0) is 0 Å². The van der Waals surface area contributed by atoms with Crippen LogP contribution in [0, 0.1) is 11.7 Å². The van der Waals surface area contributed by atoms with Gasteiger partial charge in [0.1, 0.15) is 5.82 Å². The third-order valence-corrected chi connectivity index (χ3v) is 4.15. The molecule has 0 aliphatic carbocycles. The van der Waals surface area contributed by atoms with Crippen LogP contribution in [0.15, 0.2) is 29.6 Å². The highest BCUT2D eigenvalue weighted by molar-refractivity contribution is 7.10. The van der Waals surface area contributed by atoms with E-state index >= 15 is 0 Å². The number of nitrogens with one attached hydrogen (secondary N) is 1. The maximum absolute atomic E-state index is 13.8. The normalized spacial score (nSPS) is 12.4. The first-order valence-corrected chi connectivity index (χ1v) is 7.40. The van der Waals surface area contributed by atoms with Crippen molar-refractivity contribution in [3.8, 4) is 0 Å². The van der Waals surface area contributed by atoms with E-state index in [2.05, 4.69) is 19.2 Å². The minimum absolute atomic E-state index is 0.0117. The molecule has 1 atom stereocenters. The number of hydrogen-bond acceptors (Lipinski definition) is 4. The van der Waals surface area contributed by atoms with Gasteiger partial charge in [-0.1, -0.05) is 19.9 Å². The van der Waals surface area contributed by atoms with Crippen molar-refractivity contribution in [2.45, 2.75) is 19.9 Å². The van der Waals surface area contributed by atoms with Gasteiger partial charge in [-0.2, -0.15) is 0 Å². The molecule has 0 saturated carbocycles. The van der Waals surface area contributed by atoms with Crippen LogP contribution in [0.25, 0.3) is 0 Å². The fourth-order valence-electron chi connectivity index (χ4n) is 2.08. The summed E-state index contributed by atoms with van der Waals surface area (Å²) in [6.45, 7) is 4.10. The predicted octanol–water partition coefficient (Wildman–Crippen LogP) is 3.98. The lowest BCUT2D eigenvalue weighted by molar-refractivity contribution is 0.0692. The molecule has 112 valence electrons. The summed E-state index contributed by atoms with van der Waals surface area (Å²) in [6.07, 6.45) is 0. The van der Waals surface area contributed by atoms with Crippen molar-refractivity contribution in [3.63, 3.8) is 0 Å². The molecule has 0 amide bonds. The van der Waals surface area contributed by atoms with E-state index in [4.69, 9.17) is 10.8 Å². The highest BCUT2D eigenvalue weighted by atomic mass is 32.1. The Hall–Kier alpha value is -2.08. The number of nitrogen functional groups attached to an aromatic ring is 1. The second kappa shape index (κ2) is 6.13. The van der Waals surface area contributed by atoms with Crippen LogP contribution in [0.3, 0.4) is 0 Å². The van der Waals surface area contributed by atoms with Gasteiger partial charge >= 0.3 is 5.97 Å². The summed E-state index contributed by atoms with van der Waals surface area (Å²) in [7, 11) is 0. The van der Waals surface area contributed by atoms with Gasteiger partial charge in [0.2, 0.25) is 0 Å². The average Bonchev–Trinajstić information content (AvgIpc) is 2.92. The third kappa shape index (κ3) is 3.33. The maximum atomic E-state index is 13.8. The van der Waals surface area contributed by atoms with E-state index in [1.54, 1.807) is 11.3 Å². The molecule has 21 heavy (non-hydrogen) atoms. The Bertz CT molecular complexity index is 641. The zero-order chi connectivity index (χ0) is 15.6. The quantitative estimate of drug-likeness (QED) is 0.730. The third-order valence-electron chi connectivity index (χ3n) is 3.20. The number of nitrogens with two attached hydrogens (primary N) is 1. The van der Waals surface area contributed by atoms with Gasteiger partial charge in [0.25, 0.3) is 0 Å². The maximum Gasteiger partial charge on any atom is 0.338 e. The highest BCUT2D eigenvalue weighted by Crippen LogP contribution is 2.32. The molecule has 0 saturated heterocycles. The number of carboxylic acid groups (broad SMARTS) is 1. The standard InChI is InChI=1S/C15H17FN2O2S/c1-8(2)14(13-4-3-5-21-13)18-12-7-10(16)9(15(19)20)6-11(12)17/h3-8,14,18H,17H2,1-2H3,(H,19,20). The van der Waals surface area contributed by atoms with Gasteiger partial charge in [-0.25, -0.2) is 9.18 Å². The molecule has 0 bridgehead atoms. The number of halogens is 1. The fourth-order valence-corrected chi connectivity index (χ4v) is 3.03. The first-order chi connectivity index (χ1) is 9.90. The van der Waals surface area contributed by atoms with Gasteiger partial charge in [0.15, 0.2) is 0 Å². The molecule has 1 unspecified atom stereocenters. The van der Waals surface area contributed by atoms with Gasteiger partial charge < -0.3 is 16.2 Å². The second-order valence-electron chi connectivity index (χ2n) is 5.11. The van der Waals surface area contributed by atoms with Crippen LogP contribution in [0.2, 0.25) is 0 Å². The van der Waals surface area contributed by atoms with Crippen molar-refractivity contribution >= 4 is 28.7 Å². The van der Waals surface area contributed by atoms with Crippen molar-refractivity contribution in [2.24, 2.45) is 5.92 Å². The van der Waals surface area contributed by atoms with E-state index in [9.17, 15) is 9.18 Å². The number of benzene rings is 1. The minimum Gasteiger partial charge on any atom is -0.478 e. The first-order valence-electron chi connectivity index (χ1n) is 6.52. The number of carboxylic acids is 1. The molecule has 6 heteroatoms. The van der Waals surface area contributed by atoms with E-state index in [0.29, 0.717) is 5.69 Å². The Morgan fingerprint density at radius 3 is 2.67 bits per heavy atom. The van der Waals surface area contributed by atoms with E-state index < -0.39 is 17.3 Å². The van der Waals surface area contributed by atoms with E-state index in [1.807, 2.05) is 17.5 Å². The summed E-state index contributed by atoms with van der Waals surface area (Å²) in [5.41, 5.74) is 6.05. The average molecular weight is 308 g/mol. The second-order valence-corrected chi connectivity index (χ2v) is 6.09. The Morgan fingerprint density at radius 1 is 1.43 bits per heavy atom. The van der Waals surface area contributed by atoms with Gasteiger partial charge in [0, 0.05) is 4.88 Å². The number of rotatable bonds is 5. The van der Waals surface area contributed by atoms with Gasteiger partial charge in [-0.15, -0.1) is 11.3 Å². The van der Waals surface area contributed by atoms with Crippen molar-refractivity contribution in [2.75, 3.05) is 11.1 Å². The number of thiophene rings is 1. The summed E-state index contributed by atoms with van der Waals surface area (Å²) < 4.78 is 13.8. The smallest absolute Gasteiger partial charge is 0.338 e. The van der Waals surface area contributed by atoms with Crippen LogP contribution < -0.4 is 11.1 Å². The summed E-state index contributed by atoms with van der Waals surface area (Å²) in [5.74, 6) is -1.86. The van der Waals surface area contributed by atoms with Crippen LogP contribution in [0.4, 0.5) is 15.8 Å². The van der Waals surface area contributed by atoms with Crippen LogP contribution >= 0.6 is 11.3 Å². The number of aromatic carboxylic acids is 1. The number of anilines is 2. The molecule has 4 nitrogen and oxygen atoms in total. The lowest BCUT2D eigenvalue weighted by Gasteiger charge is -2.23. The lowest BCUT2D eigenvalue weighted by Crippen LogP contribution is -2.17. The van der Waals surface area contributed by atoms with Crippen LogP contribution in [0.1, 0.15) is 35.1 Å². The summed E-state index contributed by atoms with van der Waals surface area (Å²) in [5, 5.41) is 14.1. The summed E-state index contributed by atoms with van der Waals surface area (Å²) in [4.78, 5) is 12.0. The molecular weight excluding hydrogens is 291 g/mol. The van der Waals surface area contributed by atoms with Gasteiger partial charge in [0.05, 0.1) is 23.0 Å². The van der Waals surface area contributed by atoms with Crippen molar-refractivity contribution < 1.29 is 14.3 Å². The molecule has 0 fully saturated rings. The molecular formula is C15H17FN2O2S. The molecule has 0 aliphatic rings. The van der Waals surface area contributed by atoms with Gasteiger partial charge in [-0.3, -0.25) is 0 Å². The molecule has 1 heterocycles. The van der Waals surface area contributed by atoms with E-state index in [1.165, 1.54) is 0 Å². The Balaban J connectivity index is 2.34. The van der Waals surface area contributed by atoms with E-state index in [0.717, 1.165) is 17.0 Å². The van der Waals surface area contributed by atoms with Crippen molar-refractivity contribution in [3.05, 3.63) is 45.9 Å². The molecule has 4 N–H and O–H groups in total. The zero-order valence-corrected chi connectivity index (χ0v) is 12.6. The zero-order valence-electron chi connectivity index (χ0n) is 11.8. The molecule has 0 aliphatic heterocycles. The SMILES string of the molecule is CC(C)C(Nc1cc(F)c(C(=O)O)cc1N)c1cccs1. The summed E-state index contributed by atoms with van der Waals surface area (Å²) >= 11 is 1.61. The van der Waals surface area contributed by atoms with Gasteiger partial charge in [-0.05, 0) is 29.5 Å². The predicted molar refractivity (Wildman–Crippen MR) is 83.3 cm³/mol. The topological polar surface area (TPSA) is 75.3 Å².